The average molecular weight is 343 g/mol. The van der Waals surface area contributed by atoms with Crippen LogP contribution >= 0.6 is 0 Å². The van der Waals surface area contributed by atoms with Crippen molar-refractivity contribution in [3.05, 3.63) is 72.3 Å². The monoisotopic (exact) mass is 343 g/mol. The number of pyridine rings is 1. The first-order chi connectivity index (χ1) is 12.7. The molecule has 0 saturated heterocycles. The third kappa shape index (κ3) is 3.16. The number of aromatic nitrogens is 4. The molecule has 0 bridgehead atoms. The highest BCUT2D eigenvalue weighted by molar-refractivity contribution is 5.83. The molecule has 0 radical (unpaired) electrons. The second-order valence-electron chi connectivity index (χ2n) is 6.31. The zero-order chi connectivity index (χ0) is 17.9. The van der Waals surface area contributed by atoms with Crippen LogP contribution in [-0.4, -0.2) is 26.5 Å². The summed E-state index contributed by atoms with van der Waals surface area (Å²) in [6.45, 7) is 5.81. The first-order valence-electron chi connectivity index (χ1n) is 8.80. The van der Waals surface area contributed by atoms with Crippen LogP contribution in [0.4, 0.5) is 5.82 Å². The Kier molecular flexibility index (Phi) is 4.35. The number of benzene rings is 1. The minimum Gasteiger partial charge on any atom is -0.361 e. The minimum atomic E-state index is 0.713. The van der Waals surface area contributed by atoms with Crippen LogP contribution in [0.1, 0.15) is 18.2 Å². The van der Waals surface area contributed by atoms with Crippen LogP contribution in [0, 0.1) is 6.92 Å². The topological polar surface area (TPSA) is 57.7 Å². The van der Waals surface area contributed by atoms with E-state index in [2.05, 4.69) is 51.2 Å². The molecule has 0 saturated carbocycles. The first-order valence-corrected chi connectivity index (χ1v) is 8.80. The van der Waals surface area contributed by atoms with Gasteiger partial charge in [0.2, 0.25) is 0 Å². The lowest BCUT2D eigenvalue weighted by Crippen LogP contribution is -2.23. The number of fused-ring (bicyclic) bond motifs is 1. The molecular formula is C21H21N5. The van der Waals surface area contributed by atoms with Gasteiger partial charge in [0, 0.05) is 59.9 Å². The van der Waals surface area contributed by atoms with Crippen LogP contribution in [0.3, 0.4) is 0 Å². The second-order valence-corrected chi connectivity index (χ2v) is 6.31. The molecule has 0 aliphatic heterocycles. The van der Waals surface area contributed by atoms with Crippen molar-refractivity contribution >= 4 is 16.7 Å². The molecule has 4 rings (SSSR count). The fourth-order valence-corrected chi connectivity index (χ4v) is 3.16. The number of aryl methyl sites for hydroxylation is 1. The standard InChI is InChI=1S/C21H21N5/c1-3-26(14-17-13-23-19-9-5-4-8-18(17)19)20-11-15(2)24-21(25-20)16-7-6-10-22-12-16/h4-13,23H,3,14H2,1-2H3. The Labute approximate surface area is 152 Å². The Morgan fingerprint density at radius 2 is 1.96 bits per heavy atom. The summed E-state index contributed by atoms with van der Waals surface area (Å²) in [6.07, 6.45) is 5.65. The van der Waals surface area contributed by atoms with E-state index in [-0.39, 0.29) is 0 Å². The van der Waals surface area contributed by atoms with Crippen molar-refractivity contribution in [3.63, 3.8) is 0 Å². The molecule has 4 aromatic rings. The molecule has 0 atom stereocenters. The number of nitrogens with one attached hydrogen (secondary N) is 1. The second kappa shape index (κ2) is 6.96. The van der Waals surface area contributed by atoms with E-state index in [9.17, 15) is 0 Å². The smallest absolute Gasteiger partial charge is 0.163 e. The molecule has 130 valence electrons. The van der Waals surface area contributed by atoms with Gasteiger partial charge in [0.05, 0.1) is 0 Å². The lowest BCUT2D eigenvalue weighted by Gasteiger charge is -2.22. The van der Waals surface area contributed by atoms with Gasteiger partial charge in [-0.25, -0.2) is 9.97 Å². The summed E-state index contributed by atoms with van der Waals surface area (Å²) in [5.41, 5.74) is 4.31. The van der Waals surface area contributed by atoms with Crippen molar-refractivity contribution in [1.29, 1.82) is 0 Å². The van der Waals surface area contributed by atoms with Crippen molar-refractivity contribution in [2.45, 2.75) is 20.4 Å². The molecule has 0 spiro atoms. The van der Waals surface area contributed by atoms with Crippen LogP contribution in [0.5, 0.6) is 0 Å². The third-order valence-electron chi connectivity index (χ3n) is 4.50. The highest BCUT2D eigenvalue weighted by Gasteiger charge is 2.13. The predicted octanol–water partition coefficient (Wildman–Crippen LogP) is 4.35. The van der Waals surface area contributed by atoms with Gasteiger partial charge in [-0.15, -0.1) is 0 Å². The van der Waals surface area contributed by atoms with Crippen LogP contribution in [0.25, 0.3) is 22.3 Å². The van der Waals surface area contributed by atoms with Crippen LogP contribution in [0.15, 0.2) is 61.1 Å². The van der Waals surface area contributed by atoms with Gasteiger partial charge < -0.3 is 9.88 Å². The van der Waals surface area contributed by atoms with Gasteiger partial charge >= 0.3 is 0 Å². The highest BCUT2D eigenvalue weighted by Crippen LogP contribution is 2.24. The van der Waals surface area contributed by atoms with Gasteiger partial charge in [-0.1, -0.05) is 18.2 Å². The molecule has 5 heteroatoms. The molecule has 0 aliphatic rings. The van der Waals surface area contributed by atoms with E-state index in [1.54, 1.807) is 12.4 Å². The molecule has 26 heavy (non-hydrogen) atoms. The first kappa shape index (κ1) is 16.3. The number of hydrogen-bond donors (Lipinski definition) is 1. The number of aromatic amines is 1. The number of nitrogens with zero attached hydrogens (tertiary/aromatic N) is 4. The maximum Gasteiger partial charge on any atom is 0.163 e. The molecule has 0 fully saturated rings. The van der Waals surface area contributed by atoms with Gasteiger partial charge in [0.1, 0.15) is 5.82 Å². The Morgan fingerprint density at radius 3 is 2.77 bits per heavy atom. The van der Waals surface area contributed by atoms with Gasteiger partial charge in [0.25, 0.3) is 0 Å². The summed E-state index contributed by atoms with van der Waals surface area (Å²) < 4.78 is 0. The Hall–Kier alpha value is -3.21. The number of para-hydroxylation sites is 1. The van der Waals surface area contributed by atoms with E-state index in [1.807, 2.05) is 31.2 Å². The SMILES string of the molecule is CCN(Cc1c[nH]c2ccccc12)c1cc(C)nc(-c2cccnc2)n1. The number of rotatable bonds is 5. The third-order valence-corrected chi connectivity index (χ3v) is 4.50. The van der Waals surface area contributed by atoms with E-state index in [0.717, 1.165) is 35.7 Å². The lowest BCUT2D eigenvalue weighted by molar-refractivity contribution is 0.813. The molecule has 1 aromatic carbocycles. The summed E-state index contributed by atoms with van der Waals surface area (Å²) in [6, 6.07) is 14.3. The zero-order valence-electron chi connectivity index (χ0n) is 15.0. The van der Waals surface area contributed by atoms with Crippen molar-refractivity contribution in [2.75, 3.05) is 11.4 Å². The van der Waals surface area contributed by atoms with Gasteiger partial charge in [-0.05, 0) is 37.6 Å². The summed E-state index contributed by atoms with van der Waals surface area (Å²) in [5.74, 6) is 1.65. The van der Waals surface area contributed by atoms with Gasteiger partial charge in [-0.3, -0.25) is 4.98 Å². The van der Waals surface area contributed by atoms with E-state index >= 15 is 0 Å². The molecule has 3 aromatic heterocycles. The minimum absolute atomic E-state index is 0.713. The van der Waals surface area contributed by atoms with E-state index in [4.69, 9.17) is 4.98 Å². The molecule has 0 amide bonds. The molecule has 1 N–H and O–H groups in total. The van der Waals surface area contributed by atoms with Crippen molar-refractivity contribution < 1.29 is 0 Å². The summed E-state index contributed by atoms with van der Waals surface area (Å²) in [5, 5.41) is 1.25. The molecule has 0 unspecified atom stereocenters. The molecule has 3 heterocycles. The van der Waals surface area contributed by atoms with Crippen LogP contribution in [-0.2, 0) is 6.54 Å². The van der Waals surface area contributed by atoms with Crippen LogP contribution < -0.4 is 4.90 Å². The fourth-order valence-electron chi connectivity index (χ4n) is 3.16. The average Bonchev–Trinajstić information content (AvgIpc) is 3.09. The Balaban J connectivity index is 1.69. The molecule has 0 aliphatic carbocycles. The molecular weight excluding hydrogens is 322 g/mol. The maximum absolute atomic E-state index is 4.80. The Bertz CT molecular complexity index is 1020. The van der Waals surface area contributed by atoms with Crippen molar-refractivity contribution in [2.24, 2.45) is 0 Å². The van der Waals surface area contributed by atoms with Crippen molar-refractivity contribution in [3.8, 4) is 11.4 Å². The quantitative estimate of drug-likeness (QED) is 0.585. The van der Waals surface area contributed by atoms with Crippen molar-refractivity contribution in [1.82, 2.24) is 19.9 Å². The number of H-pyrrole nitrogens is 1. The zero-order valence-corrected chi connectivity index (χ0v) is 15.0. The lowest BCUT2D eigenvalue weighted by atomic mass is 10.1. The van der Waals surface area contributed by atoms with Gasteiger partial charge in [0.15, 0.2) is 5.82 Å². The predicted molar refractivity (Wildman–Crippen MR) is 105 cm³/mol. The molecule has 5 nitrogen and oxygen atoms in total. The summed E-state index contributed by atoms with van der Waals surface area (Å²) >= 11 is 0. The number of anilines is 1. The maximum atomic E-state index is 4.80. The van der Waals surface area contributed by atoms with E-state index in [1.165, 1.54) is 10.9 Å². The van der Waals surface area contributed by atoms with Gasteiger partial charge in [-0.2, -0.15) is 0 Å². The largest absolute Gasteiger partial charge is 0.361 e. The fraction of sp³-hybridized carbons (Fsp3) is 0.190. The highest BCUT2D eigenvalue weighted by atomic mass is 15.2. The number of hydrogen-bond acceptors (Lipinski definition) is 4. The van der Waals surface area contributed by atoms with E-state index < -0.39 is 0 Å². The Morgan fingerprint density at radius 1 is 1.08 bits per heavy atom. The van der Waals surface area contributed by atoms with Crippen LogP contribution in [0.2, 0.25) is 0 Å². The summed E-state index contributed by atoms with van der Waals surface area (Å²) in [4.78, 5) is 19.2. The van der Waals surface area contributed by atoms with E-state index in [0.29, 0.717) is 5.82 Å². The summed E-state index contributed by atoms with van der Waals surface area (Å²) in [7, 11) is 0. The normalized spacial score (nSPS) is 11.0.